The molecule has 1 aromatic rings. The number of rotatable bonds is 6. The number of aryl methyl sites for hydroxylation is 2. The van der Waals surface area contributed by atoms with Gasteiger partial charge in [-0.2, -0.15) is 0 Å². The van der Waals surface area contributed by atoms with Crippen LogP contribution in [0.15, 0.2) is 18.2 Å². The SMILES string of the molecule is Cc1cc(C)cc(C(=O)CCN(C)CC(C)C)c1. The van der Waals surface area contributed by atoms with Gasteiger partial charge in [-0.05, 0) is 38.9 Å². The van der Waals surface area contributed by atoms with Gasteiger partial charge < -0.3 is 4.90 Å². The molecular weight excluding hydrogens is 222 g/mol. The first-order valence-electron chi connectivity index (χ1n) is 6.68. The van der Waals surface area contributed by atoms with E-state index in [0.29, 0.717) is 12.3 Å². The van der Waals surface area contributed by atoms with E-state index < -0.39 is 0 Å². The first-order chi connectivity index (χ1) is 8.38. The second kappa shape index (κ2) is 6.69. The summed E-state index contributed by atoms with van der Waals surface area (Å²) in [7, 11) is 2.08. The molecule has 0 fully saturated rings. The number of hydrogen-bond acceptors (Lipinski definition) is 2. The lowest BCUT2D eigenvalue weighted by atomic mass is 10.0. The van der Waals surface area contributed by atoms with Gasteiger partial charge >= 0.3 is 0 Å². The normalized spacial score (nSPS) is 11.3. The molecule has 0 radical (unpaired) electrons. The maximum atomic E-state index is 12.1. The quantitative estimate of drug-likeness (QED) is 0.717. The lowest BCUT2D eigenvalue weighted by Gasteiger charge is -2.18. The zero-order valence-corrected chi connectivity index (χ0v) is 12.3. The maximum absolute atomic E-state index is 12.1. The lowest BCUT2D eigenvalue weighted by Crippen LogP contribution is -2.26. The minimum atomic E-state index is 0.248. The number of carbonyl (C=O) groups excluding carboxylic acids is 1. The predicted octanol–water partition coefficient (Wildman–Crippen LogP) is 3.46. The minimum absolute atomic E-state index is 0.248. The Morgan fingerprint density at radius 2 is 1.72 bits per heavy atom. The highest BCUT2D eigenvalue weighted by Crippen LogP contribution is 2.11. The van der Waals surface area contributed by atoms with Crippen molar-refractivity contribution in [2.75, 3.05) is 20.1 Å². The molecule has 0 bridgehead atoms. The zero-order chi connectivity index (χ0) is 13.7. The summed E-state index contributed by atoms with van der Waals surface area (Å²) >= 11 is 0. The van der Waals surface area contributed by atoms with Crippen molar-refractivity contribution < 1.29 is 4.79 Å². The van der Waals surface area contributed by atoms with Crippen LogP contribution in [0.5, 0.6) is 0 Å². The Morgan fingerprint density at radius 1 is 1.17 bits per heavy atom. The molecule has 0 spiro atoms. The van der Waals surface area contributed by atoms with E-state index in [-0.39, 0.29) is 5.78 Å². The maximum Gasteiger partial charge on any atom is 0.164 e. The Hall–Kier alpha value is -1.15. The number of benzene rings is 1. The van der Waals surface area contributed by atoms with Crippen LogP contribution in [-0.4, -0.2) is 30.8 Å². The van der Waals surface area contributed by atoms with Crippen LogP contribution >= 0.6 is 0 Å². The molecule has 0 saturated carbocycles. The third kappa shape index (κ3) is 5.01. The van der Waals surface area contributed by atoms with Gasteiger partial charge in [0.2, 0.25) is 0 Å². The number of ketones is 1. The standard InChI is InChI=1S/C16H25NO/c1-12(2)11-17(5)7-6-16(18)15-9-13(3)8-14(4)10-15/h8-10,12H,6-7,11H2,1-5H3. The van der Waals surface area contributed by atoms with Crippen molar-refractivity contribution in [1.29, 1.82) is 0 Å². The van der Waals surface area contributed by atoms with Crippen molar-refractivity contribution >= 4 is 5.78 Å². The highest BCUT2D eigenvalue weighted by atomic mass is 16.1. The van der Waals surface area contributed by atoms with E-state index in [0.717, 1.165) is 29.8 Å². The monoisotopic (exact) mass is 247 g/mol. The predicted molar refractivity (Wildman–Crippen MR) is 77.2 cm³/mol. The number of nitrogens with zero attached hydrogens (tertiary/aromatic N) is 1. The van der Waals surface area contributed by atoms with Crippen LogP contribution in [-0.2, 0) is 0 Å². The third-order valence-corrected chi connectivity index (χ3v) is 2.94. The average Bonchev–Trinajstić information content (AvgIpc) is 2.23. The topological polar surface area (TPSA) is 20.3 Å². The van der Waals surface area contributed by atoms with Crippen LogP contribution < -0.4 is 0 Å². The van der Waals surface area contributed by atoms with Crippen molar-refractivity contribution in [2.45, 2.75) is 34.1 Å². The Kier molecular flexibility index (Phi) is 5.54. The van der Waals surface area contributed by atoms with Crippen molar-refractivity contribution in [1.82, 2.24) is 4.90 Å². The largest absolute Gasteiger partial charge is 0.306 e. The van der Waals surface area contributed by atoms with Gasteiger partial charge in [0.25, 0.3) is 0 Å². The molecule has 0 amide bonds. The van der Waals surface area contributed by atoms with E-state index in [1.807, 2.05) is 26.0 Å². The summed E-state index contributed by atoms with van der Waals surface area (Å²) in [4.78, 5) is 14.3. The summed E-state index contributed by atoms with van der Waals surface area (Å²) in [5.41, 5.74) is 3.17. The molecule has 0 atom stereocenters. The minimum Gasteiger partial charge on any atom is -0.306 e. The summed E-state index contributed by atoms with van der Waals surface area (Å²) in [5.74, 6) is 0.892. The molecule has 0 unspecified atom stereocenters. The van der Waals surface area contributed by atoms with E-state index in [2.05, 4.69) is 31.9 Å². The molecule has 0 aliphatic heterocycles. The fourth-order valence-electron chi connectivity index (χ4n) is 2.29. The molecule has 100 valence electrons. The molecule has 0 aliphatic rings. The lowest BCUT2D eigenvalue weighted by molar-refractivity contribution is 0.0967. The van der Waals surface area contributed by atoms with Crippen molar-refractivity contribution in [3.63, 3.8) is 0 Å². The third-order valence-electron chi connectivity index (χ3n) is 2.94. The Morgan fingerprint density at radius 3 is 2.22 bits per heavy atom. The van der Waals surface area contributed by atoms with E-state index in [4.69, 9.17) is 0 Å². The van der Waals surface area contributed by atoms with Gasteiger partial charge in [0, 0.05) is 25.1 Å². The highest BCUT2D eigenvalue weighted by Gasteiger charge is 2.09. The van der Waals surface area contributed by atoms with Gasteiger partial charge in [-0.3, -0.25) is 4.79 Å². The average molecular weight is 247 g/mol. The summed E-state index contributed by atoms with van der Waals surface area (Å²) < 4.78 is 0. The molecule has 0 heterocycles. The van der Waals surface area contributed by atoms with Crippen molar-refractivity contribution in [3.8, 4) is 0 Å². The number of carbonyl (C=O) groups is 1. The van der Waals surface area contributed by atoms with E-state index in [1.54, 1.807) is 0 Å². The highest BCUT2D eigenvalue weighted by molar-refractivity contribution is 5.96. The van der Waals surface area contributed by atoms with Gasteiger partial charge in [-0.15, -0.1) is 0 Å². The second-order valence-electron chi connectivity index (χ2n) is 5.71. The number of Topliss-reactive ketones (excluding diaryl/α,β-unsaturated/α-hetero) is 1. The smallest absolute Gasteiger partial charge is 0.164 e. The van der Waals surface area contributed by atoms with Crippen molar-refractivity contribution in [2.24, 2.45) is 5.92 Å². The Labute approximate surface area is 111 Å². The van der Waals surface area contributed by atoms with Gasteiger partial charge in [0.1, 0.15) is 0 Å². The molecule has 0 aliphatic carbocycles. The van der Waals surface area contributed by atoms with Gasteiger partial charge in [-0.25, -0.2) is 0 Å². The van der Waals surface area contributed by atoms with E-state index in [9.17, 15) is 4.79 Å². The first-order valence-corrected chi connectivity index (χ1v) is 6.68. The molecule has 2 nitrogen and oxygen atoms in total. The Bertz CT molecular complexity index is 389. The van der Waals surface area contributed by atoms with Crippen LogP contribution in [0.3, 0.4) is 0 Å². The van der Waals surface area contributed by atoms with Crippen LogP contribution in [0.25, 0.3) is 0 Å². The first kappa shape index (κ1) is 14.9. The molecule has 2 heteroatoms. The van der Waals surface area contributed by atoms with Crippen LogP contribution in [0.2, 0.25) is 0 Å². The molecule has 0 aromatic heterocycles. The number of hydrogen-bond donors (Lipinski definition) is 0. The van der Waals surface area contributed by atoms with Gasteiger partial charge in [-0.1, -0.05) is 31.0 Å². The van der Waals surface area contributed by atoms with E-state index >= 15 is 0 Å². The molecular formula is C16H25NO. The summed E-state index contributed by atoms with van der Waals surface area (Å²) in [5, 5.41) is 0. The summed E-state index contributed by atoms with van der Waals surface area (Å²) in [6, 6.07) is 6.07. The van der Waals surface area contributed by atoms with Crippen LogP contribution in [0.4, 0.5) is 0 Å². The molecule has 1 aromatic carbocycles. The van der Waals surface area contributed by atoms with E-state index in [1.165, 1.54) is 0 Å². The van der Waals surface area contributed by atoms with Crippen molar-refractivity contribution in [3.05, 3.63) is 34.9 Å². The molecule has 18 heavy (non-hydrogen) atoms. The second-order valence-corrected chi connectivity index (χ2v) is 5.71. The molecule has 0 saturated heterocycles. The Balaban J connectivity index is 2.55. The van der Waals surface area contributed by atoms with Crippen LogP contribution in [0.1, 0.15) is 41.8 Å². The fourth-order valence-corrected chi connectivity index (χ4v) is 2.29. The summed E-state index contributed by atoms with van der Waals surface area (Å²) in [6.07, 6.45) is 0.603. The molecule has 0 N–H and O–H groups in total. The fraction of sp³-hybridized carbons (Fsp3) is 0.562. The van der Waals surface area contributed by atoms with Gasteiger partial charge in [0.15, 0.2) is 5.78 Å². The van der Waals surface area contributed by atoms with Crippen LogP contribution in [0, 0.1) is 19.8 Å². The molecule has 1 rings (SSSR count). The van der Waals surface area contributed by atoms with Gasteiger partial charge in [0.05, 0.1) is 0 Å². The summed E-state index contributed by atoms with van der Waals surface area (Å²) in [6.45, 7) is 10.3. The zero-order valence-electron chi connectivity index (χ0n) is 12.3.